The number of aliphatic imine (C=N–C) groups is 1. The SMILES string of the molecule is Nc1ccccc1C(=NCn1c2ccccc2c2ccc3c(c21)Oc1c(ccc2ccccc12)O3)c1ccc(-c2cccc3ccccc23)cc1. The van der Waals surface area contributed by atoms with E-state index < -0.39 is 0 Å². The molecule has 5 heteroatoms. The van der Waals surface area contributed by atoms with Gasteiger partial charge in [-0.1, -0.05) is 133 Å². The maximum Gasteiger partial charge on any atom is 0.194 e. The van der Waals surface area contributed by atoms with E-state index in [1.807, 2.05) is 48.5 Å². The molecule has 0 bridgehead atoms. The van der Waals surface area contributed by atoms with Crippen LogP contribution < -0.4 is 15.2 Å². The van der Waals surface area contributed by atoms with Gasteiger partial charge in [-0.05, 0) is 57.6 Å². The quantitative estimate of drug-likeness (QED) is 0.148. The van der Waals surface area contributed by atoms with Gasteiger partial charge in [-0.3, -0.25) is 4.99 Å². The highest BCUT2D eigenvalue weighted by atomic mass is 16.6. The Kier molecular flexibility index (Phi) is 6.64. The zero-order chi connectivity index (χ0) is 33.9. The standard InChI is InChI=1S/C46H31N3O2/c47-39-18-7-5-16-38(39)43(32-22-20-31(21-23-32)34-17-9-12-29-10-1-3-13-33(29)34)48-28-49-40-19-8-6-15-36(40)37-25-27-42-46(44(37)49)51-45-35-14-4-2-11-30(35)24-26-41(45)50-42/h1-27H,28,47H2. The summed E-state index contributed by atoms with van der Waals surface area (Å²) in [7, 11) is 0. The molecule has 0 saturated carbocycles. The molecule has 9 aromatic rings. The molecule has 1 aliphatic heterocycles. The number of benzene rings is 8. The summed E-state index contributed by atoms with van der Waals surface area (Å²) in [5, 5.41) is 6.75. The van der Waals surface area contributed by atoms with Gasteiger partial charge in [0.15, 0.2) is 23.0 Å². The van der Waals surface area contributed by atoms with Crippen LogP contribution in [0, 0.1) is 0 Å². The lowest BCUT2D eigenvalue weighted by Gasteiger charge is -2.23. The summed E-state index contributed by atoms with van der Waals surface area (Å²) in [6.45, 7) is 0.334. The van der Waals surface area contributed by atoms with Crippen molar-refractivity contribution in [2.45, 2.75) is 6.67 Å². The highest BCUT2D eigenvalue weighted by molar-refractivity contribution is 6.16. The lowest BCUT2D eigenvalue weighted by atomic mass is 9.95. The Morgan fingerprint density at radius 2 is 1.20 bits per heavy atom. The summed E-state index contributed by atoms with van der Waals surface area (Å²) in [5.41, 5.74) is 14.3. The fourth-order valence-electron chi connectivity index (χ4n) is 7.52. The number of para-hydroxylation sites is 2. The van der Waals surface area contributed by atoms with Crippen molar-refractivity contribution in [3.05, 3.63) is 175 Å². The number of rotatable bonds is 5. The fourth-order valence-corrected chi connectivity index (χ4v) is 7.52. The summed E-state index contributed by atoms with van der Waals surface area (Å²) in [4.78, 5) is 5.37. The number of nitrogen functional groups attached to an aromatic ring is 1. The van der Waals surface area contributed by atoms with E-state index in [-0.39, 0.29) is 0 Å². The van der Waals surface area contributed by atoms with Crippen LogP contribution in [0.2, 0.25) is 0 Å². The molecular weight excluding hydrogens is 627 g/mol. The van der Waals surface area contributed by atoms with Crippen LogP contribution >= 0.6 is 0 Å². The third-order valence-corrected chi connectivity index (χ3v) is 9.96. The summed E-state index contributed by atoms with van der Waals surface area (Å²) >= 11 is 0. The predicted octanol–water partition coefficient (Wildman–Crippen LogP) is 11.7. The van der Waals surface area contributed by atoms with Crippen LogP contribution in [0.25, 0.3) is 54.5 Å². The third-order valence-electron chi connectivity index (χ3n) is 9.96. The van der Waals surface area contributed by atoms with Gasteiger partial charge in [-0.15, -0.1) is 0 Å². The van der Waals surface area contributed by atoms with Crippen LogP contribution in [-0.2, 0) is 6.67 Å². The van der Waals surface area contributed by atoms with E-state index in [1.54, 1.807) is 0 Å². The first-order valence-electron chi connectivity index (χ1n) is 17.1. The highest BCUT2D eigenvalue weighted by Crippen LogP contribution is 2.52. The van der Waals surface area contributed by atoms with E-state index >= 15 is 0 Å². The van der Waals surface area contributed by atoms with Crippen molar-refractivity contribution in [3.8, 4) is 34.1 Å². The summed E-state index contributed by atoms with van der Waals surface area (Å²) in [6.07, 6.45) is 0. The third kappa shape index (κ3) is 4.74. The van der Waals surface area contributed by atoms with Crippen molar-refractivity contribution in [3.63, 3.8) is 0 Å². The minimum atomic E-state index is 0.334. The second-order valence-electron chi connectivity index (χ2n) is 12.9. The Morgan fingerprint density at radius 3 is 2.04 bits per heavy atom. The van der Waals surface area contributed by atoms with E-state index in [1.165, 1.54) is 16.3 Å². The topological polar surface area (TPSA) is 61.8 Å². The molecule has 0 amide bonds. The molecule has 0 unspecified atom stereocenters. The smallest absolute Gasteiger partial charge is 0.194 e. The second-order valence-corrected chi connectivity index (χ2v) is 12.9. The zero-order valence-corrected chi connectivity index (χ0v) is 27.6. The van der Waals surface area contributed by atoms with Gasteiger partial charge in [0.1, 0.15) is 6.67 Å². The molecule has 0 radical (unpaired) electrons. The molecule has 2 heterocycles. The normalized spacial score (nSPS) is 12.5. The van der Waals surface area contributed by atoms with Gasteiger partial charge >= 0.3 is 0 Å². The van der Waals surface area contributed by atoms with Crippen LogP contribution in [0.4, 0.5) is 5.69 Å². The van der Waals surface area contributed by atoms with Crippen molar-refractivity contribution < 1.29 is 9.47 Å². The van der Waals surface area contributed by atoms with Crippen LogP contribution in [0.1, 0.15) is 11.1 Å². The largest absolute Gasteiger partial charge is 0.449 e. The Hall–Kier alpha value is -6.85. The van der Waals surface area contributed by atoms with E-state index in [9.17, 15) is 0 Å². The average molecular weight is 658 g/mol. The van der Waals surface area contributed by atoms with Gasteiger partial charge < -0.3 is 19.8 Å². The van der Waals surface area contributed by atoms with Crippen molar-refractivity contribution in [2.24, 2.45) is 4.99 Å². The van der Waals surface area contributed by atoms with Crippen LogP contribution in [-0.4, -0.2) is 10.3 Å². The van der Waals surface area contributed by atoms with Crippen molar-refractivity contribution in [1.29, 1.82) is 0 Å². The number of nitrogens with two attached hydrogens (primary N) is 1. The fraction of sp³-hybridized carbons (Fsp3) is 0.0217. The van der Waals surface area contributed by atoms with Crippen LogP contribution in [0.3, 0.4) is 0 Å². The Bertz CT molecular complexity index is 2840. The minimum Gasteiger partial charge on any atom is -0.449 e. The van der Waals surface area contributed by atoms with E-state index in [0.29, 0.717) is 29.6 Å². The number of ether oxygens (including phenoxy) is 2. The summed E-state index contributed by atoms with van der Waals surface area (Å²) in [5.74, 6) is 2.78. The highest BCUT2D eigenvalue weighted by Gasteiger charge is 2.26. The van der Waals surface area contributed by atoms with Crippen molar-refractivity contribution >= 4 is 54.7 Å². The molecule has 5 nitrogen and oxygen atoms in total. The van der Waals surface area contributed by atoms with Crippen LogP contribution in [0.15, 0.2) is 169 Å². The number of fused-ring (bicyclic) bond motifs is 9. The predicted molar refractivity (Wildman–Crippen MR) is 209 cm³/mol. The molecule has 1 aromatic heterocycles. The Morgan fingerprint density at radius 1 is 0.529 bits per heavy atom. The number of nitrogens with zero attached hydrogens (tertiary/aromatic N) is 2. The number of aromatic nitrogens is 1. The molecular formula is C46H31N3O2. The van der Waals surface area contributed by atoms with Crippen LogP contribution in [0.5, 0.6) is 23.0 Å². The lowest BCUT2D eigenvalue weighted by molar-refractivity contribution is 0.365. The molecule has 0 fully saturated rings. The first-order valence-corrected chi connectivity index (χ1v) is 17.1. The number of anilines is 1. The van der Waals surface area contributed by atoms with Gasteiger partial charge in [0, 0.05) is 33.0 Å². The molecule has 0 atom stereocenters. The lowest BCUT2D eigenvalue weighted by Crippen LogP contribution is -2.09. The van der Waals surface area contributed by atoms with Gasteiger partial charge in [-0.25, -0.2) is 0 Å². The molecule has 0 aliphatic carbocycles. The van der Waals surface area contributed by atoms with Crippen molar-refractivity contribution in [2.75, 3.05) is 5.73 Å². The molecule has 2 N–H and O–H groups in total. The Labute approximate surface area is 294 Å². The Balaban J connectivity index is 1.12. The van der Waals surface area contributed by atoms with E-state index in [0.717, 1.165) is 60.7 Å². The van der Waals surface area contributed by atoms with E-state index in [4.69, 9.17) is 20.2 Å². The molecule has 10 rings (SSSR count). The maximum absolute atomic E-state index is 6.84. The van der Waals surface area contributed by atoms with Gasteiger partial charge in [0.25, 0.3) is 0 Å². The van der Waals surface area contributed by atoms with Crippen molar-refractivity contribution in [1.82, 2.24) is 4.57 Å². The monoisotopic (exact) mass is 657 g/mol. The first kappa shape index (κ1) is 29.1. The second kappa shape index (κ2) is 11.6. The number of hydrogen-bond acceptors (Lipinski definition) is 4. The molecule has 8 aromatic carbocycles. The summed E-state index contributed by atoms with van der Waals surface area (Å²) in [6, 6.07) is 56.4. The maximum atomic E-state index is 6.84. The molecule has 242 valence electrons. The first-order chi connectivity index (χ1) is 25.2. The van der Waals surface area contributed by atoms with Gasteiger partial charge in [0.2, 0.25) is 0 Å². The molecule has 1 aliphatic rings. The molecule has 0 spiro atoms. The minimum absolute atomic E-state index is 0.334. The van der Waals surface area contributed by atoms with E-state index in [2.05, 4.69) is 120 Å². The van der Waals surface area contributed by atoms with Gasteiger partial charge in [-0.2, -0.15) is 0 Å². The number of hydrogen-bond donors (Lipinski definition) is 1. The van der Waals surface area contributed by atoms with Gasteiger partial charge in [0.05, 0.1) is 16.7 Å². The summed E-state index contributed by atoms with van der Waals surface area (Å²) < 4.78 is 15.6. The molecule has 0 saturated heterocycles. The zero-order valence-electron chi connectivity index (χ0n) is 27.6. The average Bonchev–Trinajstić information content (AvgIpc) is 3.51. The molecule has 51 heavy (non-hydrogen) atoms.